The van der Waals surface area contributed by atoms with Gasteiger partial charge in [0, 0.05) is 37.9 Å². The van der Waals surface area contributed by atoms with Crippen molar-refractivity contribution in [1.29, 1.82) is 0 Å². The SMILES string of the molecule is C[C@H]1CN(C(=O)OC(C)(C)C)CCN1c1ncnc2c1c(C1CC1)cn2-c1cccc(OC(F)(F)F)c1. The molecule has 1 saturated carbocycles. The molecule has 1 aromatic carbocycles. The molecule has 0 N–H and O–H groups in total. The smallest absolute Gasteiger partial charge is 0.444 e. The average Bonchev–Trinajstić information content (AvgIpc) is 3.56. The first-order chi connectivity index (χ1) is 17.4. The van der Waals surface area contributed by atoms with Crippen LogP contribution in [-0.4, -0.2) is 63.2 Å². The van der Waals surface area contributed by atoms with Crippen LogP contribution >= 0.6 is 0 Å². The fraction of sp³-hybridized carbons (Fsp3) is 0.500. The molecule has 1 saturated heterocycles. The molecule has 3 heterocycles. The van der Waals surface area contributed by atoms with E-state index in [0.717, 1.165) is 29.6 Å². The highest BCUT2D eigenvalue weighted by atomic mass is 19.4. The Morgan fingerprint density at radius 2 is 1.86 bits per heavy atom. The summed E-state index contributed by atoms with van der Waals surface area (Å²) in [7, 11) is 0. The topological polar surface area (TPSA) is 72.7 Å². The van der Waals surface area contributed by atoms with E-state index in [-0.39, 0.29) is 17.9 Å². The number of rotatable bonds is 4. The zero-order chi connectivity index (χ0) is 26.5. The van der Waals surface area contributed by atoms with Crippen LogP contribution in [0.3, 0.4) is 0 Å². The molecule has 1 amide bonds. The third-order valence-corrected chi connectivity index (χ3v) is 6.49. The molecule has 2 fully saturated rings. The molecule has 1 atom stereocenters. The molecule has 11 heteroatoms. The van der Waals surface area contributed by atoms with Crippen molar-refractivity contribution in [3.63, 3.8) is 0 Å². The van der Waals surface area contributed by atoms with Gasteiger partial charge in [0.05, 0.1) is 11.1 Å². The number of carbonyl (C=O) groups excluding carboxylic acids is 1. The second-order valence-corrected chi connectivity index (χ2v) is 10.6. The van der Waals surface area contributed by atoms with Crippen LogP contribution in [0.5, 0.6) is 5.75 Å². The minimum atomic E-state index is -4.77. The van der Waals surface area contributed by atoms with Gasteiger partial charge in [0.25, 0.3) is 0 Å². The van der Waals surface area contributed by atoms with Crippen LogP contribution in [0.1, 0.15) is 52.0 Å². The van der Waals surface area contributed by atoms with Gasteiger partial charge < -0.3 is 23.8 Å². The van der Waals surface area contributed by atoms with Gasteiger partial charge in [-0.25, -0.2) is 14.8 Å². The van der Waals surface area contributed by atoms with Crippen LogP contribution in [-0.2, 0) is 4.74 Å². The number of benzene rings is 1. The summed E-state index contributed by atoms with van der Waals surface area (Å²) in [5, 5.41) is 0.893. The third-order valence-electron chi connectivity index (χ3n) is 6.49. The van der Waals surface area contributed by atoms with E-state index in [2.05, 4.69) is 19.6 Å². The zero-order valence-corrected chi connectivity index (χ0v) is 21.2. The molecule has 198 valence electrons. The van der Waals surface area contributed by atoms with Crippen LogP contribution in [0.2, 0.25) is 0 Å². The van der Waals surface area contributed by atoms with Crippen molar-refractivity contribution in [2.24, 2.45) is 0 Å². The number of anilines is 1. The van der Waals surface area contributed by atoms with Crippen molar-refractivity contribution < 1.29 is 27.4 Å². The highest BCUT2D eigenvalue weighted by Crippen LogP contribution is 2.46. The number of halogens is 3. The molecular formula is C26H30F3N5O3. The number of alkyl halides is 3. The molecule has 1 aliphatic heterocycles. The maximum Gasteiger partial charge on any atom is 0.573 e. The maximum absolute atomic E-state index is 12.8. The molecule has 37 heavy (non-hydrogen) atoms. The predicted octanol–water partition coefficient (Wildman–Crippen LogP) is 5.64. The molecule has 8 nitrogen and oxygen atoms in total. The number of fused-ring (bicyclic) bond motifs is 1. The Balaban J connectivity index is 1.49. The van der Waals surface area contributed by atoms with Gasteiger partial charge in [-0.2, -0.15) is 0 Å². The number of hydrogen-bond donors (Lipinski definition) is 0. The van der Waals surface area contributed by atoms with Gasteiger partial charge in [0.1, 0.15) is 29.1 Å². The lowest BCUT2D eigenvalue weighted by atomic mass is 10.1. The number of piperazine rings is 1. The summed E-state index contributed by atoms with van der Waals surface area (Å²) in [5.41, 5.74) is 1.65. The lowest BCUT2D eigenvalue weighted by Crippen LogP contribution is -2.54. The van der Waals surface area contributed by atoms with E-state index in [9.17, 15) is 18.0 Å². The summed E-state index contributed by atoms with van der Waals surface area (Å²) >= 11 is 0. The molecule has 5 rings (SSSR count). The second-order valence-electron chi connectivity index (χ2n) is 10.6. The van der Waals surface area contributed by atoms with Crippen LogP contribution in [0.15, 0.2) is 36.8 Å². The van der Waals surface area contributed by atoms with E-state index < -0.39 is 12.0 Å². The van der Waals surface area contributed by atoms with E-state index in [0.29, 0.717) is 36.9 Å². The first-order valence-corrected chi connectivity index (χ1v) is 12.4. The Morgan fingerprint density at radius 1 is 1.11 bits per heavy atom. The lowest BCUT2D eigenvalue weighted by Gasteiger charge is -2.41. The summed E-state index contributed by atoms with van der Waals surface area (Å²) in [6.45, 7) is 9.11. The monoisotopic (exact) mass is 517 g/mol. The van der Waals surface area contributed by atoms with Crippen molar-refractivity contribution in [3.8, 4) is 11.4 Å². The van der Waals surface area contributed by atoms with E-state index in [1.807, 2.05) is 33.9 Å². The molecule has 1 aliphatic carbocycles. The summed E-state index contributed by atoms with van der Waals surface area (Å²) in [6, 6.07) is 5.85. The summed E-state index contributed by atoms with van der Waals surface area (Å²) < 4.78 is 49.9. The van der Waals surface area contributed by atoms with Crippen LogP contribution < -0.4 is 9.64 Å². The van der Waals surface area contributed by atoms with Gasteiger partial charge >= 0.3 is 12.5 Å². The van der Waals surface area contributed by atoms with Crippen LogP contribution in [0.4, 0.5) is 23.8 Å². The van der Waals surface area contributed by atoms with Gasteiger partial charge in [-0.05, 0) is 64.2 Å². The molecular weight excluding hydrogens is 487 g/mol. The molecule has 3 aromatic rings. The van der Waals surface area contributed by atoms with E-state index in [4.69, 9.17) is 4.74 Å². The Labute approximate surface area is 213 Å². The third kappa shape index (κ3) is 5.45. The summed E-state index contributed by atoms with van der Waals surface area (Å²) in [5.74, 6) is 0.826. The molecule has 2 aromatic heterocycles. The number of aromatic nitrogens is 3. The Morgan fingerprint density at radius 3 is 2.51 bits per heavy atom. The van der Waals surface area contributed by atoms with Gasteiger partial charge in [-0.1, -0.05) is 6.07 Å². The lowest BCUT2D eigenvalue weighted by molar-refractivity contribution is -0.274. The molecule has 2 aliphatic rings. The van der Waals surface area contributed by atoms with Gasteiger partial charge in [0.2, 0.25) is 0 Å². The van der Waals surface area contributed by atoms with Gasteiger partial charge in [-0.3, -0.25) is 0 Å². The zero-order valence-electron chi connectivity index (χ0n) is 21.2. The van der Waals surface area contributed by atoms with Crippen molar-refractivity contribution in [2.45, 2.75) is 64.5 Å². The number of amides is 1. The number of hydrogen-bond acceptors (Lipinski definition) is 6. The Bertz CT molecular complexity index is 1310. The molecule has 0 unspecified atom stereocenters. The fourth-order valence-corrected chi connectivity index (χ4v) is 4.79. The van der Waals surface area contributed by atoms with Crippen molar-refractivity contribution >= 4 is 22.9 Å². The number of nitrogens with zero attached hydrogens (tertiary/aromatic N) is 5. The first-order valence-electron chi connectivity index (χ1n) is 12.4. The highest BCUT2D eigenvalue weighted by molar-refractivity contribution is 5.93. The van der Waals surface area contributed by atoms with Crippen LogP contribution in [0.25, 0.3) is 16.7 Å². The molecule has 0 bridgehead atoms. The Hall–Kier alpha value is -3.50. The minimum absolute atomic E-state index is 0.0294. The van der Waals surface area contributed by atoms with E-state index in [1.54, 1.807) is 15.5 Å². The summed E-state index contributed by atoms with van der Waals surface area (Å²) in [6.07, 6.45) is 0.392. The maximum atomic E-state index is 12.8. The van der Waals surface area contributed by atoms with E-state index >= 15 is 0 Å². The quantitative estimate of drug-likeness (QED) is 0.446. The second kappa shape index (κ2) is 9.11. The molecule has 0 radical (unpaired) electrons. The number of carbonyl (C=O) groups is 1. The highest BCUT2D eigenvalue weighted by Gasteiger charge is 2.35. The standard InChI is InChI=1S/C26H30F3N5O3/c1-16-13-32(24(35)37-25(2,3)4)10-11-33(16)22-21-20(17-8-9-17)14-34(23(21)31-15-30-22)18-6-5-7-19(12-18)36-26(27,28)29/h5-7,12,14-17H,8-11,13H2,1-4H3/t16-/m0/s1. The van der Waals surface area contributed by atoms with Crippen molar-refractivity contribution in [2.75, 3.05) is 24.5 Å². The normalized spacial score (nSPS) is 18.8. The van der Waals surface area contributed by atoms with Gasteiger partial charge in [-0.15, -0.1) is 13.2 Å². The number of ether oxygens (including phenoxy) is 2. The van der Waals surface area contributed by atoms with Crippen LogP contribution in [0, 0.1) is 0 Å². The molecule has 0 spiro atoms. The fourth-order valence-electron chi connectivity index (χ4n) is 4.79. The first kappa shape index (κ1) is 25.2. The average molecular weight is 518 g/mol. The predicted molar refractivity (Wildman–Crippen MR) is 132 cm³/mol. The van der Waals surface area contributed by atoms with E-state index in [1.165, 1.54) is 24.5 Å². The van der Waals surface area contributed by atoms with Gasteiger partial charge in [0.15, 0.2) is 0 Å². The Kier molecular flexibility index (Phi) is 6.19. The largest absolute Gasteiger partial charge is 0.573 e. The van der Waals surface area contributed by atoms with Crippen molar-refractivity contribution in [1.82, 2.24) is 19.4 Å². The van der Waals surface area contributed by atoms with Crippen molar-refractivity contribution in [3.05, 3.63) is 42.4 Å². The summed E-state index contributed by atoms with van der Waals surface area (Å²) in [4.78, 5) is 25.7. The minimum Gasteiger partial charge on any atom is -0.444 e.